The van der Waals surface area contributed by atoms with Crippen LogP contribution < -0.4 is 16.6 Å². The van der Waals surface area contributed by atoms with Crippen LogP contribution in [0.4, 0.5) is 5.69 Å². The van der Waals surface area contributed by atoms with Gasteiger partial charge >= 0.3 is 0 Å². The first-order valence-corrected chi connectivity index (χ1v) is 7.01. The summed E-state index contributed by atoms with van der Waals surface area (Å²) in [5.74, 6) is -0.180. The fraction of sp³-hybridized carbons (Fsp3) is 0.250. The molecule has 1 atom stereocenters. The van der Waals surface area contributed by atoms with E-state index in [-0.39, 0.29) is 17.5 Å². The zero-order valence-corrected chi connectivity index (χ0v) is 11.6. The highest BCUT2D eigenvalue weighted by atomic mass is 16.2. The van der Waals surface area contributed by atoms with E-state index in [1.165, 1.54) is 23.9 Å². The van der Waals surface area contributed by atoms with Crippen molar-refractivity contribution in [2.24, 2.45) is 0 Å². The number of aromatic amines is 1. The Morgan fingerprint density at radius 1 is 1.29 bits per heavy atom. The standard InChI is InChI=1S/C16H17N3O2/c17-12-5-6-13-10(8-12)2-1-3-14(13)19-16(21)11-4-7-15(20)18-9-11/h4-9,14H,1-3,17H2,(H,18,20)(H,19,21). The van der Waals surface area contributed by atoms with Crippen LogP contribution >= 0.6 is 0 Å². The molecule has 21 heavy (non-hydrogen) atoms. The number of nitrogen functional groups attached to an aromatic ring is 1. The van der Waals surface area contributed by atoms with Crippen LogP contribution in [-0.2, 0) is 6.42 Å². The van der Waals surface area contributed by atoms with Crippen molar-refractivity contribution in [3.63, 3.8) is 0 Å². The Labute approximate surface area is 122 Å². The summed E-state index contributed by atoms with van der Waals surface area (Å²) in [5.41, 5.74) is 9.14. The van der Waals surface area contributed by atoms with Gasteiger partial charge in [-0.3, -0.25) is 9.59 Å². The van der Waals surface area contributed by atoms with E-state index in [1.54, 1.807) is 0 Å². The van der Waals surface area contributed by atoms with E-state index in [0.29, 0.717) is 5.56 Å². The van der Waals surface area contributed by atoms with E-state index in [9.17, 15) is 9.59 Å². The lowest BCUT2D eigenvalue weighted by Crippen LogP contribution is -2.31. The van der Waals surface area contributed by atoms with Gasteiger partial charge in [-0.05, 0) is 48.6 Å². The SMILES string of the molecule is Nc1ccc2c(c1)CCCC2NC(=O)c1ccc(=O)[nH]c1. The van der Waals surface area contributed by atoms with Crippen LogP contribution in [0.5, 0.6) is 0 Å². The molecule has 5 nitrogen and oxygen atoms in total. The van der Waals surface area contributed by atoms with Crippen molar-refractivity contribution in [1.82, 2.24) is 10.3 Å². The molecule has 0 aliphatic heterocycles. The van der Waals surface area contributed by atoms with Crippen molar-refractivity contribution < 1.29 is 4.79 Å². The van der Waals surface area contributed by atoms with E-state index >= 15 is 0 Å². The van der Waals surface area contributed by atoms with Gasteiger partial charge in [-0.25, -0.2) is 0 Å². The van der Waals surface area contributed by atoms with E-state index in [0.717, 1.165) is 30.5 Å². The first-order valence-electron chi connectivity index (χ1n) is 7.01. The molecule has 0 fully saturated rings. The lowest BCUT2D eigenvalue weighted by molar-refractivity contribution is 0.0932. The van der Waals surface area contributed by atoms with E-state index in [2.05, 4.69) is 10.3 Å². The number of anilines is 1. The summed E-state index contributed by atoms with van der Waals surface area (Å²) < 4.78 is 0. The van der Waals surface area contributed by atoms with E-state index < -0.39 is 0 Å². The predicted octanol–water partition coefficient (Wildman–Crippen LogP) is 1.76. The molecule has 1 heterocycles. The predicted molar refractivity (Wildman–Crippen MR) is 81.1 cm³/mol. The lowest BCUT2D eigenvalue weighted by Gasteiger charge is -2.26. The normalized spacial score (nSPS) is 17.0. The molecular weight excluding hydrogens is 266 g/mol. The lowest BCUT2D eigenvalue weighted by atomic mass is 9.87. The topological polar surface area (TPSA) is 88.0 Å². The molecule has 1 aliphatic rings. The number of nitrogens with two attached hydrogens (primary N) is 1. The number of H-pyrrole nitrogens is 1. The third-order valence-electron chi connectivity index (χ3n) is 3.83. The summed E-state index contributed by atoms with van der Waals surface area (Å²) in [7, 11) is 0. The summed E-state index contributed by atoms with van der Waals surface area (Å²) >= 11 is 0. The molecule has 0 saturated carbocycles. The van der Waals surface area contributed by atoms with Crippen LogP contribution in [0.25, 0.3) is 0 Å². The number of nitrogens with one attached hydrogen (secondary N) is 2. The van der Waals surface area contributed by atoms with Gasteiger partial charge in [0.05, 0.1) is 11.6 Å². The molecular formula is C16H17N3O2. The molecule has 0 saturated heterocycles. The minimum atomic E-state index is -0.218. The maximum atomic E-state index is 12.2. The zero-order valence-electron chi connectivity index (χ0n) is 11.6. The van der Waals surface area contributed by atoms with E-state index in [1.807, 2.05) is 18.2 Å². The van der Waals surface area contributed by atoms with Crippen molar-refractivity contribution in [3.05, 3.63) is 63.6 Å². The van der Waals surface area contributed by atoms with Crippen molar-refractivity contribution in [2.45, 2.75) is 25.3 Å². The second kappa shape index (κ2) is 5.44. The van der Waals surface area contributed by atoms with Crippen molar-refractivity contribution in [1.29, 1.82) is 0 Å². The Hall–Kier alpha value is -2.56. The Morgan fingerprint density at radius 2 is 2.14 bits per heavy atom. The number of hydrogen-bond donors (Lipinski definition) is 3. The molecule has 1 aliphatic carbocycles. The monoisotopic (exact) mass is 283 g/mol. The highest BCUT2D eigenvalue weighted by Gasteiger charge is 2.22. The molecule has 108 valence electrons. The van der Waals surface area contributed by atoms with Gasteiger partial charge in [-0.15, -0.1) is 0 Å². The van der Waals surface area contributed by atoms with Gasteiger partial charge in [0.25, 0.3) is 5.91 Å². The fourth-order valence-electron chi connectivity index (χ4n) is 2.78. The molecule has 5 heteroatoms. The minimum Gasteiger partial charge on any atom is -0.399 e. The van der Waals surface area contributed by atoms with E-state index in [4.69, 9.17) is 5.73 Å². The number of rotatable bonds is 2. The summed E-state index contributed by atoms with van der Waals surface area (Å²) in [5, 5.41) is 3.03. The van der Waals surface area contributed by atoms with Crippen molar-refractivity contribution >= 4 is 11.6 Å². The molecule has 2 aromatic rings. The van der Waals surface area contributed by atoms with Crippen molar-refractivity contribution in [2.75, 3.05) is 5.73 Å². The number of carbonyl (C=O) groups excluding carboxylic acids is 1. The molecule has 3 rings (SSSR count). The molecule has 1 unspecified atom stereocenters. The number of fused-ring (bicyclic) bond motifs is 1. The summed E-state index contributed by atoms with van der Waals surface area (Å²) in [4.78, 5) is 25.8. The number of hydrogen-bond acceptors (Lipinski definition) is 3. The Morgan fingerprint density at radius 3 is 2.90 bits per heavy atom. The van der Waals surface area contributed by atoms with Crippen LogP contribution in [0.3, 0.4) is 0 Å². The van der Waals surface area contributed by atoms with Crippen LogP contribution in [0, 0.1) is 0 Å². The van der Waals surface area contributed by atoms with Gasteiger partial charge in [-0.1, -0.05) is 6.07 Å². The Kier molecular flexibility index (Phi) is 3.48. The maximum Gasteiger partial charge on any atom is 0.253 e. The molecule has 0 spiro atoms. The van der Waals surface area contributed by atoms with Crippen molar-refractivity contribution in [3.8, 4) is 0 Å². The molecule has 0 bridgehead atoms. The average Bonchev–Trinajstić information content (AvgIpc) is 2.47. The number of aryl methyl sites for hydroxylation is 1. The number of benzene rings is 1. The summed E-state index contributed by atoms with van der Waals surface area (Å²) in [6, 6.07) is 8.71. The highest BCUT2D eigenvalue weighted by Crippen LogP contribution is 2.31. The second-order valence-electron chi connectivity index (χ2n) is 5.32. The first kappa shape index (κ1) is 13.4. The number of carbonyl (C=O) groups is 1. The molecule has 1 aromatic carbocycles. The van der Waals surface area contributed by atoms with Gasteiger partial charge in [0.2, 0.25) is 5.56 Å². The number of amides is 1. The summed E-state index contributed by atoms with van der Waals surface area (Å²) in [6.45, 7) is 0. The van der Waals surface area contributed by atoms with Crippen LogP contribution in [0.1, 0.15) is 40.4 Å². The summed E-state index contributed by atoms with van der Waals surface area (Å²) in [6.07, 6.45) is 4.36. The smallest absolute Gasteiger partial charge is 0.253 e. The van der Waals surface area contributed by atoms with Gasteiger partial charge < -0.3 is 16.0 Å². The minimum absolute atomic E-state index is 0.00576. The van der Waals surface area contributed by atoms with Crippen LogP contribution in [-0.4, -0.2) is 10.9 Å². The van der Waals surface area contributed by atoms with Gasteiger partial charge in [-0.2, -0.15) is 0 Å². The molecule has 1 amide bonds. The Bertz CT molecular complexity index is 716. The fourth-order valence-corrected chi connectivity index (χ4v) is 2.78. The van der Waals surface area contributed by atoms with Gasteiger partial charge in [0.1, 0.15) is 0 Å². The van der Waals surface area contributed by atoms with Crippen LogP contribution in [0.15, 0.2) is 41.3 Å². The first-order chi connectivity index (χ1) is 10.1. The average molecular weight is 283 g/mol. The molecule has 0 radical (unpaired) electrons. The third-order valence-corrected chi connectivity index (χ3v) is 3.83. The van der Waals surface area contributed by atoms with Gasteiger partial charge in [0.15, 0.2) is 0 Å². The second-order valence-corrected chi connectivity index (χ2v) is 5.32. The largest absolute Gasteiger partial charge is 0.399 e. The molecule has 1 aromatic heterocycles. The molecule has 4 N–H and O–H groups in total. The Balaban J connectivity index is 1.81. The van der Waals surface area contributed by atoms with Crippen LogP contribution in [0.2, 0.25) is 0 Å². The highest BCUT2D eigenvalue weighted by molar-refractivity contribution is 5.94. The third kappa shape index (κ3) is 2.81. The zero-order chi connectivity index (χ0) is 14.8. The van der Waals surface area contributed by atoms with Gasteiger partial charge in [0, 0.05) is 18.0 Å². The quantitative estimate of drug-likeness (QED) is 0.734. The number of pyridine rings is 1. The maximum absolute atomic E-state index is 12.2. The number of aromatic nitrogens is 1.